The van der Waals surface area contributed by atoms with Gasteiger partial charge in [-0.3, -0.25) is 0 Å². The van der Waals surface area contributed by atoms with Crippen molar-refractivity contribution in [2.45, 2.75) is 223 Å². The van der Waals surface area contributed by atoms with Crippen LogP contribution in [0.5, 0.6) is 0 Å². The monoisotopic (exact) mass is 1140 g/mol. The molecule has 0 amide bonds. The van der Waals surface area contributed by atoms with Gasteiger partial charge in [0.05, 0.1) is 0 Å². The summed E-state index contributed by atoms with van der Waals surface area (Å²) in [7, 11) is -26.9. The zero-order chi connectivity index (χ0) is 47.8. The third-order valence-corrected chi connectivity index (χ3v) is 64.2. The van der Waals surface area contributed by atoms with Crippen LogP contribution in [0, 0.1) is 0 Å². The van der Waals surface area contributed by atoms with E-state index in [9.17, 15) is 0 Å². The summed E-state index contributed by atoms with van der Waals surface area (Å²) in [4.78, 5) is 0. The van der Waals surface area contributed by atoms with Gasteiger partial charge in [0.2, 0.25) is 0 Å². The molecule has 3 saturated heterocycles. The molecule has 63 heavy (non-hydrogen) atoms. The van der Waals surface area contributed by atoms with Crippen LogP contribution in [0.15, 0.2) is 0 Å². The molecule has 0 aromatic heterocycles. The lowest BCUT2D eigenvalue weighted by atomic mass is 10.3. The van der Waals surface area contributed by atoms with Gasteiger partial charge in [-0.1, -0.05) is 13.8 Å². The highest BCUT2D eigenvalue weighted by molar-refractivity contribution is 6.89. The lowest BCUT2D eigenvalue weighted by Crippen LogP contribution is -2.53. The summed E-state index contributed by atoms with van der Waals surface area (Å²) in [5.74, 6) is 0. The number of hydrogen-bond acceptors (Lipinski definition) is 13. The highest BCUT2D eigenvalue weighted by atomic mass is 28.5. The Hall–Kier alpha value is 2.73. The predicted octanol–water partition coefficient (Wildman–Crippen LogP) is 7.20. The topological polar surface area (TPSA) is 120 Å². The Labute approximate surface area is 408 Å². The van der Waals surface area contributed by atoms with Crippen molar-refractivity contribution < 1.29 is 54.4 Å². The first kappa shape index (κ1) is 60.0. The molecule has 13 nitrogen and oxygen atoms in total. The average molecular weight is 1150 g/mol. The Morgan fingerprint density at radius 3 is 1.32 bits per heavy atom. The van der Waals surface area contributed by atoms with Crippen LogP contribution in [-0.2, 0) is 54.4 Å². The van der Waals surface area contributed by atoms with Crippen molar-refractivity contribution in [3.63, 3.8) is 0 Å². The van der Waals surface area contributed by atoms with E-state index in [-0.39, 0.29) is 18.3 Å². The first-order valence-corrected chi connectivity index (χ1v) is 59.9. The molecular formula is C35H96O13Si15. The molecule has 28 heteroatoms. The van der Waals surface area contributed by atoms with Crippen LogP contribution < -0.4 is 0 Å². The standard InChI is InChI=1S/C35H96O13Si15/c1-31-30-50(6)40-52(8)43-55(36-31)23-27-59(12,13)46-63(20,21)48-61(16,17)29-25-57-38-33(3)35(5)54(41-53(9)44-57)22-26-58(10,11)45-62(18,19)47-60(14,15)28-24-56-37-32(2)34(4)49-39-51(7)42-56/h31-35,50-57H,22-30,49H2,1-21H3. The van der Waals surface area contributed by atoms with Crippen LogP contribution in [0.1, 0.15) is 34.6 Å². The molecule has 0 bridgehead atoms. The van der Waals surface area contributed by atoms with Gasteiger partial charge in [0.1, 0.15) is 0 Å². The van der Waals surface area contributed by atoms with E-state index >= 15 is 0 Å². The average Bonchev–Trinajstić information content (AvgIpc) is 3.08. The molecule has 13 atom stereocenters. The van der Waals surface area contributed by atoms with Crippen LogP contribution in [0.3, 0.4) is 0 Å². The molecule has 0 N–H and O–H groups in total. The SMILES string of the molecule is CC1C[SiH](C)O[SiH](C)O[SiH](CC[Si](C)(C)O[Si](C)(C)O[Si](C)(C)CC[SiH]2OC(C)C(C)[SiH](CC[Si](C)(C)O[Si](C)(C)O[Si](C)(C)CC[SiH]3OC(C)C(C)[SiH2]O[SiH](C)O3)O[SiH](C)O2)O1. The van der Waals surface area contributed by atoms with E-state index in [1.807, 2.05) is 0 Å². The van der Waals surface area contributed by atoms with Gasteiger partial charge in [-0.05, 0) is 191 Å². The van der Waals surface area contributed by atoms with Gasteiger partial charge < -0.3 is 54.4 Å². The second-order valence-electron chi connectivity index (χ2n) is 22.5. The molecule has 0 spiro atoms. The smallest absolute Gasteiger partial charge is 0.312 e. The van der Waals surface area contributed by atoms with Gasteiger partial charge in [-0.15, -0.1) is 0 Å². The van der Waals surface area contributed by atoms with E-state index in [1.54, 1.807) is 0 Å². The third-order valence-electron chi connectivity index (χ3n) is 12.4. The summed E-state index contributed by atoms with van der Waals surface area (Å²) in [5, 5.41) is 0. The van der Waals surface area contributed by atoms with E-state index in [0.717, 1.165) is 54.4 Å². The minimum Gasteiger partial charge on any atom is -0.444 e. The molecule has 0 aromatic rings. The lowest BCUT2D eigenvalue weighted by Gasteiger charge is -2.41. The molecule has 3 rings (SSSR count). The van der Waals surface area contributed by atoms with Crippen molar-refractivity contribution in [3.05, 3.63) is 0 Å². The third kappa shape index (κ3) is 23.7. The first-order chi connectivity index (χ1) is 28.7. The Morgan fingerprint density at radius 1 is 0.476 bits per heavy atom. The predicted molar refractivity (Wildman–Crippen MR) is 299 cm³/mol. The fourth-order valence-corrected chi connectivity index (χ4v) is 73.3. The number of rotatable bonds is 20. The second-order valence-corrected chi connectivity index (χ2v) is 69.1. The zero-order valence-corrected chi connectivity index (χ0v) is 60.5. The molecule has 3 aliphatic rings. The summed E-state index contributed by atoms with van der Waals surface area (Å²) >= 11 is 0. The summed E-state index contributed by atoms with van der Waals surface area (Å²) in [6.07, 6.45) is 0.584. The van der Waals surface area contributed by atoms with Crippen LogP contribution in [0.2, 0.25) is 170 Å². The summed E-state index contributed by atoms with van der Waals surface area (Å²) in [6, 6.07) is 9.20. The van der Waals surface area contributed by atoms with E-state index in [2.05, 4.69) is 139 Å². The molecule has 0 radical (unpaired) electrons. The largest absolute Gasteiger partial charge is 0.444 e. The number of hydrogen-bond donors (Lipinski definition) is 0. The highest BCUT2D eigenvalue weighted by Crippen LogP contribution is 2.34. The Kier molecular flexibility index (Phi) is 24.7. The molecule has 0 aromatic carbocycles. The highest BCUT2D eigenvalue weighted by Gasteiger charge is 2.44. The van der Waals surface area contributed by atoms with Gasteiger partial charge in [0.25, 0.3) is 27.9 Å². The van der Waals surface area contributed by atoms with Gasteiger partial charge in [-0.2, -0.15) is 0 Å². The van der Waals surface area contributed by atoms with E-state index in [1.165, 1.54) is 0 Å². The van der Waals surface area contributed by atoms with Gasteiger partial charge in [0.15, 0.2) is 61.1 Å². The normalized spacial score (nSPS) is 34.7. The van der Waals surface area contributed by atoms with Crippen LogP contribution in [0.4, 0.5) is 0 Å². The van der Waals surface area contributed by atoms with Crippen molar-refractivity contribution in [2.75, 3.05) is 0 Å². The molecule has 3 heterocycles. The fourth-order valence-electron chi connectivity index (χ4n) is 9.37. The maximum atomic E-state index is 7.10. The Bertz CT molecular complexity index is 1350. The van der Waals surface area contributed by atoms with Gasteiger partial charge in [0, 0.05) is 18.3 Å². The Balaban J connectivity index is 1.48. The van der Waals surface area contributed by atoms with Gasteiger partial charge >= 0.3 is 45.0 Å². The molecule has 374 valence electrons. The molecule has 3 fully saturated rings. The summed E-state index contributed by atoms with van der Waals surface area (Å²) in [5.41, 5.74) is 0.939. The maximum absolute atomic E-state index is 7.10. The van der Waals surface area contributed by atoms with Gasteiger partial charge in [-0.25, -0.2) is 0 Å². The van der Waals surface area contributed by atoms with E-state index in [0.29, 0.717) is 11.1 Å². The minimum atomic E-state index is -2.39. The first-order valence-electron chi connectivity index (χ1n) is 24.4. The van der Waals surface area contributed by atoms with E-state index < -0.39 is 134 Å². The van der Waals surface area contributed by atoms with E-state index in [4.69, 9.17) is 54.4 Å². The Morgan fingerprint density at radius 2 is 0.857 bits per heavy atom. The summed E-state index contributed by atoms with van der Waals surface area (Å²) < 4.78 is 87.3. The van der Waals surface area contributed by atoms with Crippen molar-refractivity contribution in [1.29, 1.82) is 0 Å². The second kappa shape index (κ2) is 25.9. The van der Waals surface area contributed by atoms with Crippen molar-refractivity contribution >= 4 is 134 Å². The van der Waals surface area contributed by atoms with Crippen LogP contribution >= 0.6 is 0 Å². The molecule has 3 aliphatic heterocycles. The quantitative estimate of drug-likeness (QED) is 0.115. The lowest BCUT2D eigenvalue weighted by molar-refractivity contribution is 0.162. The molecule has 13 unspecified atom stereocenters. The molecular weight excluding hydrogens is 1050 g/mol. The zero-order valence-electron chi connectivity index (χ0n) is 43.9. The van der Waals surface area contributed by atoms with Crippen molar-refractivity contribution in [2.24, 2.45) is 0 Å². The molecule has 0 aliphatic carbocycles. The minimum absolute atomic E-state index is 0.123. The van der Waals surface area contributed by atoms with Crippen molar-refractivity contribution in [1.82, 2.24) is 0 Å². The maximum Gasteiger partial charge on any atom is 0.312 e. The van der Waals surface area contributed by atoms with Crippen LogP contribution in [-0.4, -0.2) is 152 Å². The van der Waals surface area contributed by atoms with Crippen molar-refractivity contribution in [3.8, 4) is 0 Å². The summed E-state index contributed by atoms with van der Waals surface area (Å²) in [6.45, 7) is 47.9. The fraction of sp³-hybridized carbons (Fsp3) is 1.00. The molecule has 0 saturated carbocycles. The van der Waals surface area contributed by atoms with Crippen LogP contribution in [0.25, 0.3) is 0 Å².